The van der Waals surface area contributed by atoms with Crippen molar-refractivity contribution in [1.29, 1.82) is 0 Å². The molecule has 2 N–H and O–H groups in total. The zero-order chi connectivity index (χ0) is 14.4. The molecule has 19 heavy (non-hydrogen) atoms. The molecule has 0 aliphatic carbocycles. The first-order chi connectivity index (χ1) is 8.95. The van der Waals surface area contributed by atoms with Crippen LogP contribution in [0.15, 0.2) is 24.3 Å². The Hall–Kier alpha value is -0.900. The molecule has 0 aromatic heterocycles. The number of nitrogens with zero attached hydrogens (tertiary/aromatic N) is 2. The molecule has 0 aliphatic rings. The van der Waals surface area contributed by atoms with Gasteiger partial charge in [0.05, 0.1) is 0 Å². The molecule has 0 radical (unpaired) electrons. The molecule has 0 bridgehead atoms. The number of hydrogen-bond donors (Lipinski definition) is 1. The topological polar surface area (TPSA) is 32.5 Å². The summed E-state index contributed by atoms with van der Waals surface area (Å²) in [5, 5.41) is 0. The van der Waals surface area contributed by atoms with Crippen LogP contribution in [-0.4, -0.2) is 49.6 Å². The Morgan fingerprint density at radius 3 is 2.32 bits per heavy atom. The van der Waals surface area contributed by atoms with Gasteiger partial charge in [-0.05, 0) is 45.6 Å². The Kier molecular flexibility index (Phi) is 6.49. The van der Waals surface area contributed by atoms with Crippen LogP contribution < -0.4 is 5.73 Å². The highest BCUT2D eigenvalue weighted by Crippen LogP contribution is 2.17. The average Bonchev–Trinajstić information content (AvgIpc) is 2.35. The van der Waals surface area contributed by atoms with Gasteiger partial charge in [0.15, 0.2) is 0 Å². The van der Waals surface area contributed by atoms with E-state index in [9.17, 15) is 0 Å². The monoisotopic (exact) mass is 263 g/mol. The van der Waals surface area contributed by atoms with E-state index in [1.54, 1.807) is 0 Å². The van der Waals surface area contributed by atoms with E-state index in [0.717, 1.165) is 19.6 Å². The number of likely N-dealkylation sites (N-methyl/N-ethyl adjacent to an activating group) is 2. The highest BCUT2D eigenvalue weighted by molar-refractivity contribution is 5.28. The summed E-state index contributed by atoms with van der Waals surface area (Å²) in [6.45, 7) is 9.62. The summed E-state index contributed by atoms with van der Waals surface area (Å²) in [6, 6.07) is 9.03. The van der Waals surface area contributed by atoms with Gasteiger partial charge in [-0.3, -0.25) is 4.90 Å². The van der Waals surface area contributed by atoms with E-state index in [0.29, 0.717) is 6.04 Å². The van der Waals surface area contributed by atoms with Crippen LogP contribution in [0.25, 0.3) is 0 Å². The molecule has 108 valence electrons. The first kappa shape index (κ1) is 16.2. The number of benzene rings is 1. The molecule has 0 aliphatic heterocycles. The van der Waals surface area contributed by atoms with Gasteiger partial charge < -0.3 is 10.6 Å². The fraction of sp³-hybridized carbons (Fsp3) is 0.625. The second-order valence-corrected chi connectivity index (χ2v) is 5.66. The minimum absolute atomic E-state index is 0.0887. The van der Waals surface area contributed by atoms with Crippen molar-refractivity contribution in [2.24, 2.45) is 5.73 Å². The van der Waals surface area contributed by atoms with Gasteiger partial charge >= 0.3 is 0 Å². The molecule has 2 atom stereocenters. The molecule has 0 saturated carbocycles. The molecule has 0 spiro atoms. The van der Waals surface area contributed by atoms with Crippen LogP contribution in [0.4, 0.5) is 0 Å². The minimum atomic E-state index is 0.0887. The Bertz CT molecular complexity index is 376. The lowest BCUT2D eigenvalue weighted by Crippen LogP contribution is -2.43. The van der Waals surface area contributed by atoms with Crippen LogP contribution in [0.3, 0.4) is 0 Å². The molecule has 3 nitrogen and oxygen atoms in total. The Morgan fingerprint density at radius 1 is 1.16 bits per heavy atom. The van der Waals surface area contributed by atoms with Gasteiger partial charge in [0.2, 0.25) is 0 Å². The van der Waals surface area contributed by atoms with E-state index in [1.165, 1.54) is 11.1 Å². The maximum atomic E-state index is 6.39. The highest BCUT2D eigenvalue weighted by atomic mass is 15.2. The predicted molar refractivity (Wildman–Crippen MR) is 83.4 cm³/mol. The molecular weight excluding hydrogens is 234 g/mol. The SMILES string of the molecule is CCN(CC(N)c1ccccc1C)C(C)CN(C)C. The van der Waals surface area contributed by atoms with E-state index in [4.69, 9.17) is 5.73 Å². The fourth-order valence-electron chi connectivity index (χ4n) is 2.62. The maximum Gasteiger partial charge on any atom is 0.0427 e. The molecule has 1 aromatic rings. The summed E-state index contributed by atoms with van der Waals surface area (Å²) in [5.41, 5.74) is 8.93. The van der Waals surface area contributed by atoms with Crippen molar-refractivity contribution in [3.05, 3.63) is 35.4 Å². The van der Waals surface area contributed by atoms with Crippen molar-refractivity contribution in [3.8, 4) is 0 Å². The Morgan fingerprint density at radius 2 is 1.79 bits per heavy atom. The van der Waals surface area contributed by atoms with Gasteiger partial charge in [0, 0.05) is 25.2 Å². The fourth-order valence-corrected chi connectivity index (χ4v) is 2.62. The molecule has 1 rings (SSSR count). The van der Waals surface area contributed by atoms with Crippen LogP contribution in [-0.2, 0) is 0 Å². The number of rotatable bonds is 7. The molecule has 0 fully saturated rings. The third-order valence-corrected chi connectivity index (χ3v) is 3.68. The predicted octanol–water partition coefficient (Wildman–Crippen LogP) is 2.27. The molecule has 0 heterocycles. The third kappa shape index (κ3) is 4.94. The molecule has 3 heteroatoms. The summed E-state index contributed by atoms with van der Waals surface area (Å²) in [6.07, 6.45) is 0. The quantitative estimate of drug-likeness (QED) is 0.819. The number of aryl methyl sites for hydroxylation is 1. The van der Waals surface area contributed by atoms with Crippen molar-refractivity contribution in [3.63, 3.8) is 0 Å². The van der Waals surface area contributed by atoms with Gasteiger partial charge in [0.25, 0.3) is 0 Å². The van der Waals surface area contributed by atoms with E-state index in [1.807, 2.05) is 0 Å². The number of nitrogens with two attached hydrogens (primary N) is 1. The standard InChI is InChI=1S/C16H29N3/c1-6-19(14(3)11-18(4)5)12-16(17)15-10-8-7-9-13(15)2/h7-10,14,16H,6,11-12,17H2,1-5H3. The number of hydrogen-bond acceptors (Lipinski definition) is 3. The lowest BCUT2D eigenvalue weighted by molar-refractivity contribution is 0.172. The van der Waals surface area contributed by atoms with Crippen molar-refractivity contribution < 1.29 is 0 Å². The van der Waals surface area contributed by atoms with Crippen LogP contribution in [0.1, 0.15) is 31.0 Å². The Labute approximate surface area is 118 Å². The van der Waals surface area contributed by atoms with E-state index in [-0.39, 0.29) is 6.04 Å². The van der Waals surface area contributed by atoms with Gasteiger partial charge in [-0.25, -0.2) is 0 Å². The van der Waals surface area contributed by atoms with Crippen molar-refractivity contribution in [2.45, 2.75) is 32.9 Å². The van der Waals surface area contributed by atoms with Gasteiger partial charge in [0.1, 0.15) is 0 Å². The summed E-state index contributed by atoms with van der Waals surface area (Å²) in [5.74, 6) is 0. The second-order valence-electron chi connectivity index (χ2n) is 5.66. The smallest absolute Gasteiger partial charge is 0.0427 e. The van der Waals surface area contributed by atoms with Gasteiger partial charge in [-0.2, -0.15) is 0 Å². The van der Waals surface area contributed by atoms with Gasteiger partial charge in [-0.15, -0.1) is 0 Å². The third-order valence-electron chi connectivity index (χ3n) is 3.68. The van der Waals surface area contributed by atoms with Crippen molar-refractivity contribution in [1.82, 2.24) is 9.80 Å². The molecular formula is C16H29N3. The van der Waals surface area contributed by atoms with E-state index in [2.05, 4.69) is 68.9 Å². The minimum Gasteiger partial charge on any atom is -0.323 e. The molecule has 1 aromatic carbocycles. The second kappa shape index (κ2) is 7.63. The van der Waals surface area contributed by atoms with Gasteiger partial charge in [-0.1, -0.05) is 31.2 Å². The van der Waals surface area contributed by atoms with Crippen LogP contribution in [0, 0.1) is 6.92 Å². The zero-order valence-electron chi connectivity index (χ0n) is 13.1. The van der Waals surface area contributed by atoms with Crippen LogP contribution >= 0.6 is 0 Å². The average molecular weight is 263 g/mol. The normalized spacial score (nSPS) is 14.9. The van der Waals surface area contributed by atoms with Crippen LogP contribution in [0.5, 0.6) is 0 Å². The molecule has 2 unspecified atom stereocenters. The summed E-state index contributed by atoms with van der Waals surface area (Å²) in [7, 11) is 4.23. The highest BCUT2D eigenvalue weighted by Gasteiger charge is 2.17. The maximum absolute atomic E-state index is 6.39. The Balaban J connectivity index is 2.68. The molecule has 0 saturated heterocycles. The lowest BCUT2D eigenvalue weighted by Gasteiger charge is -2.32. The molecule has 0 amide bonds. The van der Waals surface area contributed by atoms with Crippen molar-refractivity contribution >= 4 is 0 Å². The summed E-state index contributed by atoms with van der Waals surface area (Å²) >= 11 is 0. The van der Waals surface area contributed by atoms with Crippen LogP contribution in [0.2, 0.25) is 0 Å². The summed E-state index contributed by atoms with van der Waals surface area (Å²) in [4.78, 5) is 4.68. The summed E-state index contributed by atoms with van der Waals surface area (Å²) < 4.78 is 0. The first-order valence-corrected chi connectivity index (χ1v) is 7.15. The van der Waals surface area contributed by atoms with E-state index < -0.39 is 0 Å². The van der Waals surface area contributed by atoms with E-state index >= 15 is 0 Å². The largest absolute Gasteiger partial charge is 0.323 e. The lowest BCUT2D eigenvalue weighted by atomic mass is 10.0. The first-order valence-electron chi connectivity index (χ1n) is 7.15. The van der Waals surface area contributed by atoms with Crippen molar-refractivity contribution in [2.75, 3.05) is 33.7 Å². The zero-order valence-corrected chi connectivity index (χ0v) is 13.1.